The van der Waals surface area contributed by atoms with Crippen LogP contribution in [0.25, 0.3) is 0 Å². The van der Waals surface area contributed by atoms with Crippen LogP contribution in [0.3, 0.4) is 0 Å². The molecule has 1 N–H and O–H groups in total. The molecule has 1 aromatic heterocycles. The summed E-state index contributed by atoms with van der Waals surface area (Å²) in [6, 6.07) is 6.91. The topological polar surface area (TPSA) is 12.0 Å². The highest BCUT2D eigenvalue weighted by molar-refractivity contribution is 14.1. The first kappa shape index (κ1) is 14.2. The van der Waals surface area contributed by atoms with Crippen molar-refractivity contribution in [3.8, 4) is 0 Å². The maximum atomic E-state index is 13.7. The van der Waals surface area contributed by atoms with Crippen molar-refractivity contribution in [1.29, 1.82) is 0 Å². The van der Waals surface area contributed by atoms with Gasteiger partial charge in [0.05, 0.1) is 2.88 Å². The van der Waals surface area contributed by atoms with Crippen LogP contribution in [0.15, 0.2) is 29.6 Å². The van der Waals surface area contributed by atoms with E-state index in [2.05, 4.69) is 39.4 Å². The van der Waals surface area contributed by atoms with Crippen molar-refractivity contribution in [3.63, 3.8) is 0 Å². The van der Waals surface area contributed by atoms with Crippen LogP contribution in [0.4, 0.5) is 4.39 Å². The number of hydrogen-bond acceptors (Lipinski definition) is 2. The first-order valence-electron chi connectivity index (χ1n) is 5.45. The average Bonchev–Trinajstić information content (AvgIpc) is 2.77. The largest absolute Gasteiger partial charge is 0.313 e. The molecule has 0 aliphatic rings. The smallest absolute Gasteiger partial charge is 0.126 e. The predicted molar refractivity (Wildman–Crippen MR) is 84.0 cm³/mol. The van der Waals surface area contributed by atoms with Crippen LogP contribution in [-0.2, 0) is 6.42 Å². The minimum absolute atomic E-state index is 0.109. The third-order valence-electron chi connectivity index (χ3n) is 2.77. The van der Waals surface area contributed by atoms with Crippen LogP contribution in [0, 0.1) is 8.70 Å². The van der Waals surface area contributed by atoms with Gasteiger partial charge in [0.2, 0.25) is 0 Å². The molecule has 1 heterocycles. The van der Waals surface area contributed by atoms with Crippen LogP contribution in [-0.4, -0.2) is 7.05 Å². The maximum absolute atomic E-state index is 13.7. The summed E-state index contributed by atoms with van der Waals surface area (Å²) in [7, 11) is 1.89. The minimum atomic E-state index is -0.204. The van der Waals surface area contributed by atoms with Gasteiger partial charge in [0.15, 0.2) is 0 Å². The molecule has 2 rings (SSSR count). The Morgan fingerprint density at radius 2 is 2.22 bits per heavy atom. The number of rotatable bonds is 4. The number of benzene rings is 1. The molecule has 1 nitrogen and oxygen atoms in total. The molecular formula is C13H12ClFINS. The maximum Gasteiger partial charge on any atom is 0.126 e. The van der Waals surface area contributed by atoms with E-state index in [1.807, 2.05) is 7.05 Å². The van der Waals surface area contributed by atoms with Crippen LogP contribution in [0.5, 0.6) is 0 Å². The van der Waals surface area contributed by atoms with Crippen LogP contribution in [0.2, 0.25) is 5.02 Å². The Balaban J connectivity index is 2.22. The van der Waals surface area contributed by atoms with Crippen molar-refractivity contribution in [3.05, 3.63) is 54.5 Å². The fourth-order valence-electron chi connectivity index (χ4n) is 1.81. The molecule has 0 saturated carbocycles. The van der Waals surface area contributed by atoms with Crippen molar-refractivity contribution in [1.82, 2.24) is 5.32 Å². The van der Waals surface area contributed by atoms with Crippen LogP contribution in [0.1, 0.15) is 17.2 Å². The summed E-state index contributed by atoms with van der Waals surface area (Å²) in [6.45, 7) is 0. The molecule has 2 aromatic rings. The van der Waals surface area contributed by atoms with Gasteiger partial charge in [0, 0.05) is 11.1 Å². The Hall–Kier alpha value is -0.170. The van der Waals surface area contributed by atoms with Gasteiger partial charge in [-0.1, -0.05) is 11.6 Å². The van der Waals surface area contributed by atoms with E-state index in [0.29, 0.717) is 17.0 Å². The molecule has 1 aromatic carbocycles. The van der Waals surface area contributed by atoms with E-state index in [-0.39, 0.29) is 11.9 Å². The lowest BCUT2D eigenvalue weighted by molar-refractivity contribution is 0.555. The summed E-state index contributed by atoms with van der Waals surface area (Å²) in [5.74, 6) is -0.204. The zero-order chi connectivity index (χ0) is 13.1. The molecule has 1 unspecified atom stereocenters. The number of halogens is 3. The van der Waals surface area contributed by atoms with Crippen molar-refractivity contribution >= 4 is 45.5 Å². The summed E-state index contributed by atoms with van der Waals surface area (Å²) < 4.78 is 14.9. The number of likely N-dealkylation sites (N-methyl/N-ethyl adjacent to an activating group) is 1. The summed E-state index contributed by atoms with van der Waals surface area (Å²) in [6.07, 6.45) is 0.593. The average molecular weight is 396 g/mol. The third-order valence-corrected chi connectivity index (χ3v) is 4.81. The van der Waals surface area contributed by atoms with Gasteiger partial charge in [-0.3, -0.25) is 0 Å². The molecule has 0 saturated heterocycles. The van der Waals surface area contributed by atoms with Crippen molar-refractivity contribution in [2.24, 2.45) is 0 Å². The highest BCUT2D eigenvalue weighted by Gasteiger charge is 2.14. The van der Waals surface area contributed by atoms with E-state index >= 15 is 0 Å². The number of hydrogen-bond donors (Lipinski definition) is 1. The molecular weight excluding hydrogens is 384 g/mol. The Kier molecular flexibility index (Phi) is 5.00. The van der Waals surface area contributed by atoms with Crippen LogP contribution >= 0.6 is 45.5 Å². The van der Waals surface area contributed by atoms with Gasteiger partial charge in [-0.05, 0) is 76.8 Å². The Morgan fingerprint density at radius 1 is 1.44 bits per heavy atom. The van der Waals surface area contributed by atoms with Crippen molar-refractivity contribution < 1.29 is 4.39 Å². The quantitative estimate of drug-likeness (QED) is 0.743. The van der Waals surface area contributed by atoms with Crippen molar-refractivity contribution in [2.45, 2.75) is 12.5 Å². The fraction of sp³-hybridized carbons (Fsp3) is 0.231. The first-order chi connectivity index (χ1) is 8.60. The van der Waals surface area contributed by atoms with E-state index in [1.165, 1.54) is 14.5 Å². The van der Waals surface area contributed by atoms with E-state index < -0.39 is 0 Å². The van der Waals surface area contributed by atoms with Gasteiger partial charge in [-0.15, -0.1) is 11.3 Å². The highest BCUT2D eigenvalue weighted by Crippen LogP contribution is 2.26. The molecule has 0 amide bonds. The lowest BCUT2D eigenvalue weighted by Crippen LogP contribution is -2.18. The molecule has 0 spiro atoms. The van der Waals surface area contributed by atoms with Gasteiger partial charge in [0.25, 0.3) is 0 Å². The first-order valence-corrected chi connectivity index (χ1v) is 7.79. The van der Waals surface area contributed by atoms with Gasteiger partial charge in [-0.2, -0.15) is 0 Å². The van der Waals surface area contributed by atoms with E-state index in [9.17, 15) is 4.39 Å². The SMILES string of the molecule is CNC(Cc1cc(Cl)ccc1F)c1csc(I)c1. The number of thiophene rings is 1. The summed E-state index contributed by atoms with van der Waals surface area (Å²) in [4.78, 5) is 0. The lowest BCUT2D eigenvalue weighted by Gasteiger charge is -2.15. The Bertz CT molecular complexity index is 544. The molecule has 0 radical (unpaired) electrons. The lowest BCUT2D eigenvalue weighted by atomic mass is 10.0. The zero-order valence-corrected chi connectivity index (χ0v) is 13.4. The monoisotopic (exact) mass is 395 g/mol. The second kappa shape index (κ2) is 6.32. The van der Waals surface area contributed by atoms with Gasteiger partial charge < -0.3 is 5.32 Å². The Labute approximate surface area is 129 Å². The van der Waals surface area contributed by atoms with Gasteiger partial charge >= 0.3 is 0 Å². The number of nitrogens with one attached hydrogen (secondary N) is 1. The molecule has 1 atom stereocenters. The highest BCUT2D eigenvalue weighted by atomic mass is 127. The van der Waals surface area contributed by atoms with E-state index in [1.54, 1.807) is 23.5 Å². The summed E-state index contributed by atoms with van der Waals surface area (Å²) in [5, 5.41) is 5.89. The van der Waals surface area contributed by atoms with Crippen molar-refractivity contribution in [2.75, 3.05) is 7.05 Å². The molecule has 18 heavy (non-hydrogen) atoms. The molecule has 5 heteroatoms. The predicted octanol–water partition coefficient (Wildman–Crippen LogP) is 4.65. The second-order valence-electron chi connectivity index (χ2n) is 3.97. The van der Waals surface area contributed by atoms with E-state index in [0.717, 1.165) is 0 Å². The molecule has 0 bridgehead atoms. The minimum Gasteiger partial charge on any atom is -0.313 e. The van der Waals surface area contributed by atoms with Gasteiger partial charge in [-0.25, -0.2) is 4.39 Å². The standard InChI is InChI=1S/C13H12ClFINS/c1-17-12(9-6-13(16)18-7-9)5-8-4-10(14)2-3-11(8)15/h2-4,6-7,12,17H,5H2,1H3. The molecule has 0 aliphatic carbocycles. The van der Waals surface area contributed by atoms with Gasteiger partial charge in [0.1, 0.15) is 5.82 Å². The Morgan fingerprint density at radius 3 is 2.83 bits per heavy atom. The molecule has 0 aliphatic heterocycles. The summed E-state index contributed by atoms with van der Waals surface area (Å²) >= 11 is 9.89. The van der Waals surface area contributed by atoms with E-state index in [4.69, 9.17) is 11.6 Å². The fourth-order valence-corrected chi connectivity index (χ4v) is 3.43. The van der Waals surface area contributed by atoms with Crippen LogP contribution < -0.4 is 5.32 Å². The normalized spacial score (nSPS) is 12.7. The third kappa shape index (κ3) is 3.44. The zero-order valence-electron chi connectivity index (χ0n) is 9.71. The molecule has 96 valence electrons. The molecule has 0 fully saturated rings. The summed E-state index contributed by atoms with van der Waals surface area (Å²) in [5.41, 5.74) is 1.83. The second-order valence-corrected chi connectivity index (χ2v) is 7.21.